The minimum Gasteiger partial charge on any atom is -0.295 e. The van der Waals surface area contributed by atoms with Gasteiger partial charge in [-0.1, -0.05) is 36.4 Å². The van der Waals surface area contributed by atoms with Gasteiger partial charge in [0.2, 0.25) is 10.0 Å². The van der Waals surface area contributed by atoms with E-state index in [9.17, 15) is 13.2 Å². The Kier molecular flexibility index (Phi) is 4.08. The molecule has 1 atom stereocenters. The molecule has 0 amide bonds. The van der Waals surface area contributed by atoms with Crippen molar-refractivity contribution in [3.05, 3.63) is 65.2 Å². The minimum atomic E-state index is -3.63. The molecule has 1 unspecified atom stereocenters. The number of hydrogen-bond donors (Lipinski definition) is 0. The van der Waals surface area contributed by atoms with E-state index in [4.69, 9.17) is 0 Å². The maximum absolute atomic E-state index is 13.0. The standard InChI is InChI=1S/C18H19NO3S/c1-13-18-9-4-3-6-15(18)10-11-19(13)23(21,22)17-8-5-7-16(12-17)14(2)20/h3-9,12-13H,10-11H2,1-2H3. The topological polar surface area (TPSA) is 54.5 Å². The van der Waals surface area contributed by atoms with E-state index in [0.717, 1.165) is 5.56 Å². The Morgan fingerprint density at radius 1 is 1.13 bits per heavy atom. The van der Waals surface area contributed by atoms with Crippen LogP contribution in [0.15, 0.2) is 53.4 Å². The van der Waals surface area contributed by atoms with Gasteiger partial charge in [0.15, 0.2) is 5.78 Å². The molecule has 5 heteroatoms. The molecule has 0 radical (unpaired) electrons. The molecule has 3 rings (SSSR count). The highest BCUT2D eigenvalue weighted by molar-refractivity contribution is 7.89. The Balaban J connectivity index is 2.01. The summed E-state index contributed by atoms with van der Waals surface area (Å²) in [5, 5.41) is 0. The predicted octanol–water partition coefficient (Wildman–Crippen LogP) is 3.20. The summed E-state index contributed by atoms with van der Waals surface area (Å²) < 4.78 is 27.5. The van der Waals surface area contributed by atoms with Crippen LogP contribution < -0.4 is 0 Å². The predicted molar refractivity (Wildman–Crippen MR) is 88.9 cm³/mol. The third kappa shape index (κ3) is 2.82. The summed E-state index contributed by atoms with van der Waals surface area (Å²) in [5.74, 6) is -0.140. The molecule has 0 aliphatic carbocycles. The smallest absolute Gasteiger partial charge is 0.243 e. The molecule has 1 aliphatic heterocycles. The molecular formula is C18H19NO3S. The zero-order chi connectivity index (χ0) is 16.6. The van der Waals surface area contributed by atoms with Crippen LogP contribution in [-0.4, -0.2) is 25.1 Å². The molecule has 0 N–H and O–H groups in total. The van der Waals surface area contributed by atoms with E-state index in [1.54, 1.807) is 18.2 Å². The van der Waals surface area contributed by atoms with Crippen molar-refractivity contribution < 1.29 is 13.2 Å². The molecule has 0 saturated carbocycles. The van der Waals surface area contributed by atoms with Crippen LogP contribution in [0.3, 0.4) is 0 Å². The normalized spacial score (nSPS) is 18.4. The van der Waals surface area contributed by atoms with Crippen LogP contribution in [-0.2, 0) is 16.4 Å². The van der Waals surface area contributed by atoms with Crippen molar-refractivity contribution in [2.45, 2.75) is 31.2 Å². The van der Waals surface area contributed by atoms with E-state index in [2.05, 4.69) is 0 Å². The first kappa shape index (κ1) is 15.9. The number of nitrogens with zero attached hydrogens (tertiary/aromatic N) is 1. The lowest BCUT2D eigenvalue weighted by Gasteiger charge is -2.34. The van der Waals surface area contributed by atoms with Crippen LogP contribution in [0, 0.1) is 0 Å². The van der Waals surface area contributed by atoms with E-state index < -0.39 is 10.0 Å². The number of benzene rings is 2. The van der Waals surface area contributed by atoms with Crippen LogP contribution in [0.4, 0.5) is 0 Å². The Morgan fingerprint density at radius 2 is 1.87 bits per heavy atom. The van der Waals surface area contributed by atoms with E-state index in [1.165, 1.54) is 22.9 Å². The SMILES string of the molecule is CC(=O)c1cccc(S(=O)(=O)N2CCc3ccccc3C2C)c1. The molecule has 23 heavy (non-hydrogen) atoms. The molecule has 0 saturated heterocycles. The van der Waals surface area contributed by atoms with Crippen molar-refractivity contribution in [1.29, 1.82) is 0 Å². The van der Waals surface area contributed by atoms with E-state index in [-0.39, 0.29) is 16.7 Å². The zero-order valence-electron chi connectivity index (χ0n) is 13.2. The van der Waals surface area contributed by atoms with Crippen molar-refractivity contribution >= 4 is 15.8 Å². The lowest BCUT2D eigenvalue weighted by atomic mass is 9.96. The molecule has 1 aliphatic rings. The van der Waals surface area contributed by atoms with Gasteiger partial charge in [-0.05, 0) is 43.5 Å². The fourth-order valence-electron chi connectivity index (χ4n) is 3.09. The second-order valence-electron chi connectivity index (χ2n) is 5.82. The van der Waals surface area contributed by atoms with E-state index in [1.807, 2.05) is 31.2 Å². The lowest BCUT2D eigenvalue weighted by molar-refractivity contribution is 0.101. The van der Waals surface area contributed by atoms with Gasteiger partial charge in [0.05, 0.1) is 4.90 Å². The summed E-state index contributed by atoms with van der Waals surface area (Å²) >= 11 is 0. The highest BCUT2D eigenvalue weighted by Gasteiger charge is 2.33. The highest BCUT2D eigenvalue weighted by atomic mass is 32.2. The number of ketones is 1. The summed E-state index contributed by atoms with van der Waals surface area (Å²) in [5.41, 5.74) is 2.66. The first-order chi connectivity index (χ1) is 10.9. The van der Waals surface area contributed by atoms with Crippen molar-refractivity contribution in [2.24, 2.45) is 0 Å². The van der Waals surface area contributed by atoms with Crippen LogP contribution in [0.25, 0.3) is 0 Å². The molecule has 1 heterocycles. The van der Waals surface area contributed by atoms with Gasteiger partial charge in [0, 0.05) is 18.2 Å². The summed E-state index contributed by atoms with van der Waals surface area (Å²) in [7, 11) is -3.63. The van der Waals surface area contributed by atoms with Gasteiger partial charge in [-0.2, -0.15) is 4.31 Å². The maximum Gasteiger partial charge on any atom is 0.243 e. The summed E-state index contributed by atoms with van der Waals surface area (Å²) in [6, 6.07) is 14.0. The first-order valence-electron chi connectivity index (χ1n) is 7.62. The average Bonchev–Trinajstić information content (AvgIpc) is 2.55. The highest BCUT2D eigenvalue weighted by Crippen LogP contribution is 2.33. The zero-order valence-corrected chi connectivity index (χ0v) is 14.0. The molecule has 4 nitrogen and oxygen atoms in total. The van der Waals surface area contributed by atoms with Crippen LogP contribution in [0.2, 0.25) is 0 Å². The van der Waals surface area contributed by atoms with Gasteiger partial charge < -0.3 is 0 Å². The number of carbonyl (C=O) groups excluding carboxylic acids is 1. The maximum atomic E-state index is 13.0. The molecule has 0 spiro atoms. The Labute approximate surface area is 136 Å². The second-order valence-corrected chi connectivity index (χ2v) is 7.72. The Morgan fingerprint density at radius 3 is 2.61 bits per heavy atom. The largest absolute Gasteiger partial charge is 0.295 e. The van der Waals surface area contributed by atoms with Crippen LogP contribution in [0.1, 0.15) is 41.4 Å². The molecule has 0 fully saturated rings. The van der Waals surface area contributed by atoms with Crippen molar-refractivity contribution in [1.82, 2.24) is 4.31 Å². The Hall–Kier alpha value is -1.98. The van der Waals surface area contributed by atoms with Gasteiger partial charge in [0.1, 0.15) is 0 Å². The minimum absolute atomic E-state index is 0.140. The third-order valence-corrected chi connectivity index (χ3v) is 6.35. The van der Waals surface area contributed by atoms with Gasteiger partial charge in [-0.15, -0.1) is 0 Å². The van der Waals surface area contributed by atoms with Crippen LogP contribution in [0.5, 0.6) is 0 Å². The number of fused-ring (bicyclic) bond motifs is 1. The van der Waals surface area contributed by atoms with E-state index >= 15 is 0 Å². The molecule has 0 aromatic heterocycles. The first-order valence-corrected chi connectivity index (χ1v) is 9.06. The van der Waals surface area contributed by atoms with Crippen LogP contribution >= 0.6 is 0 Å². The third-order valence-electron chi connectivity index (χ3n) is 4.39. The number of hydrogen-bond acceptors (Lipinski definition) is 3. The molecule has 0 bridgehead atoms. The fourth-order valence-corrected chi connectivity index (χ4v) is 4.75. The average molecular weight is 329 g/mol. The van der Waals surface area contributed by atoms with Crippen molar-refractivity contribution in [2.75, 3.05) is 6.54 Å². The quantitative estimate of drug-likeness (QED) is 0.813. The van der Waals surface area contributed by atoms with Gasteiger partial charge in [-0.3, -0.25) is 4.79 Å². The van der Waals surface area contributed by atoms with Gasteiger partial charge in [0.25, 0.3) is 0 Å². The summed E-state index contributed by atoms with van der Waals surface area (Å²) in [6.07, 6.45) is 0.701. The summed E-state index contributed by atoms with van der Waals surface area (Å²) in [6.45, 7) is 3.79. The number of sulfonamides is 1. The van der Waals surface area contributed by atoms with Gasteiger partial charge >= 0.3 is 0 Å². The number of rotatable bonds is 3. The monoisotopic (exact) mass is 329 g/mol. The molecule has 2 aromatic rings. The second kappa shape index (κ2) is 5.91. The molecular weight excluding hydrogens is 310 g/mol. The number of carbonyl (C=O) groups is 1. The molecule has 120 valence electrons. The van der Waals surface area contributed by atoms with Crippen molar-refractivity contribution in [3.8, 4) is 0 Å². The number of Topliss-reactive ketones (excluding diaryl/α,β-unsaturated/α-hetero) is 1. The molecule has 2 aromatic carbocycles. The lowest BCUT2D eigenvalue weighted by Crippen LogP contribution is -2.38. The Bertz CT molecular complexity index is 858. The van der Waals surface area contributed by atoms with E-state index in [0.29, 0.717) is 18.5 Å². The van der Waals surface area contributed by atoms with Gasteiger partial charge in [-0.25, -0.2) is 8.42 Å². The summed E-state index contributed by atoms with van der Waals surface area (Å²) in [4.78, 5) is 11.7. The fraction of sp³-hybridized carbons (Fsp3) is 0.278. The van der Waals surface area contributed by atoms with Crippen molar-refractivity contribution in [3.63, 3.8) is 0 Å².